The number of nitrogens with zero attached hydrogens (tertiary/aromatic N) is 1. The van der Waals surface area contributed by atoms with Crippen molar-refractivity contribution in [3.05, 3.63) is 84.4 Å². The van der Waals surface area contributed by atoms with Gasteiger partial charge >= 0.3 is 6.03 Å². The molecule has 176 valence electrons. The average molecular weight is 460 g/mol. The number of benzene rings is 3. The number of hydrogen-bond donors (Lipinski definition) is 2. The molecule has 0 unspecified atom stereocenters. The molecule has 34 heavy (non-hydrogen) atoms. The van der Waals surface area contributed by atoms with Gasteiger partial charge in [-0.25, -0.2) is 4.79 Å². The molecule has 0 saturated carbocycles. The van der Waals surface area contributed by atoms with Crippen molar-refractivity contribution < 1.29 is 19.1 Å². The van der Waals surface area contributed by atoms with Gasteiger partial charge in [0.1, 0.15) is 11.5 Å². The molecule has 1 aliphatic heterocycles. The van der Waals surface area contributed by atoms with E-state index in [1.54, 1.807) is 49.5 Å². The highest BCUT2D eigenvalue weighted by Crippen LogP contribution is 2.32. The molecule has 1 fully saturated rings. The summed E-state index contributed by atoms with van der Waals surface area (Å²) >= 11 is 0. The third kappa shape index (κ3) is 5.67. The summed E-state index contributed by atoms with van der Waals surface area (Å²) < 4.78 is 10.4. The minimum absolute atomic E-state index is 0.0534. The second-order valence-electron chi connectivity index (χ2n) is 8.33. The van der Waals surface area contributed by atoms with Gasteiger partial charge in [0.15, 0.2) is 0 Å². The van der Waals surface area contributed by atoms with E-state index in [0.29, 0.717) is 36.6 Å². The Kier molecular flexibility index (Phi) is 7.32. The summed E-state index contributed by atoms with van der Waals surface area (Å²) in [4.78, 5) is 28.1. The van der Waals surface area contributed by atoms with E-state index in [0.717, 1.165) is 11.3 Å². The molecule has 0 bridgehead atoms. The maximum absolute atomic E-state index is 13.2. The summed E-state index contributed by atoms with van der Waals surface area (Å²) in [6, 6.07) is 24.2. The zero-order valence-corrected chi connectivity index (χ0v) is 19.4. The molecule has 3 aromatic carbocycles. The Bertz CT molecular complexity index is 1120. The van der Waals surface area contributed by atoms with Crippen LogP contribution in [0, 0.1) is 5.92 Å². The van der Waals surface area contributed by atoms with Crippen LogP contribution in [0.1, 0.15) is 17.9 Å². The second kappa shape index (κ2) is 10.7. The molecule has 0 spiro atoms. The van der Waals surface area contributed by atoms with Crippen LogP contribution in [0.15, 0.2) is 78.9 Å². The molecular formula is C27H29N3O4. The first-order valence-corrected chi connectivity index (χ1v) is 11.3. The number of piperidine rings is 1. The molecule has 3 aromatic rings. The van der Waals surface area contributed by atoms with Crippen molar-refractivity contribution in [2.75, 3.05) is 37.9 Å². The lowest BCUT2D eigenvalue weighted by atomic mass is 9.84. The Morgan fingerprint density at radius 3 is 2.24 bits per heavy atom. The number of nitrogens with one attached hydrogen (secondary N) is 2. The Hall–Kier alpha value is -4.00. The Morgan fingerprint density at radius 2 is 1.53 bits per heavy atom. The van der Waals surface area contributed by atoms with Crippen LogP contribution >= 0.6 is 0 Å². The standard InChI is InChI=1S/C27H29N3O4/c1-33-24-13-11-22(12-14-24)29-27(32)30-17-20(19-7-4-3-5-8-19)15-21(18-30)26(31)28-23-9-6-10-25(16-23)34-2/h3-14,16,20-21H,15,17-18H2,1-2H3,(H,28,31)(H,29,32)/t20-,21-/m0/s1. The Morgan fingerprint density at radius 1 is 0.794 bits per heavy atom. The molecule has 1 heterocycles. The first-order valence-electron chi connectivity index (χ1n) is 11.3. The SMILES string of the molecule is COc1ccc(NC(=O)N2C[C@@H](C(=O)Nc3cccc(OC)c3)C[C@H](c3ccccc3)C2)cc1. The number of amides is 3. The van der Waals surface area contributed by atoms with E-state index in [1.807, 2.05) is 48.5 Å². The minimum atomic E-state index is -0.355. The van der Waals surface area contributed by atoms with Gasteiger partial charge in [-0.3, -0.25) is 4.79 Å². The molecule has 0 aliphatic carbocycles. The number of carbonyl (C=O) groups is 2. The van der Waals surface area contributed by atoms with E-state index >= 15 is 0 Å². The van der Waals surface area contributed by atoms with Crippen molar-refractivity contribution in [3.8, 4) is 11.5 Å². The summed E-state index contributed by atoms with van der Waals surface area (Å²) in [6.07, 6.45) is 0.659. The lowest BCUT2D eigenvalue weighted by molar-refractivity contribution is -0.121. The number of likely N-dealkylation sites (tertiary alicyclic amines) is 1. The number of anilines is 2. The number of methoxy groups -OCH3 is 2. The summed E-state index contributed by atoms with van der Waals surface area (Å²) in [5.41, 5.74) is 2.45. The zero-order valence-electron chi connectivity index (χ0n) is 19.4. The highest BCUT2D eigenvalue weighted by Gasteiger charge is 2.34. The Balaban J connectivity index is 1.51. The minimum Gasteiger partial charge on any atom is -0.497 e. The molecule has 1 saturated heterocycles. The van der Waals surface area contributed by atoms with E-state index in [4.69, 9.17) is 9.47 Å². The van der Waals surface area contributed by atoms with Gasteiger partial charge in [0.05, 0.1) is 20.1 Å². The van der Waals surface area contributed by atoms with Crippen molar-refractivity contribution in [2.45, 2.75) is 12.3 Å². The molecule has 3 amide bonds. The molecule has 7 heteroatoms. The summed E-state index contributed by atoms with van der Waals surface area (Å²) in [5.74, 6) is 0.971. The van der Waals surface area contributed by atoms with Crippen molar-refractivity contribution in [3.63, 3.8) is 0 Å². The van der Waals surface area contributed by atoms with Gasteiger partial charge in [0.2, 0.25) is 5.91 Å². The second-order valence-corrected chi connectivity index (χ2v) is 8.33. The van der Waals surface area contributed by atoms with Crippen molar-refractivity contribution >= 4 is 23.3 Å². The van der Waals surface area contributed by atoms with Crippen molar-refractivity contribution in [1.82, 2.24) is 4.90 Å². The normalized spacial score (nSPS) is 17.5. The van der Waals surface area contributed by atoms with Crippen molar-refractivity contribution in [1.29, 1.82) is 0 Å². The van der Waals surface area contributed by atoms with E-state index in [1.165, 1.54) is 0 Å². The first-order chi connectivity index (χ1) is 16.6. The van der Waals surface area contributed by atoms with Crippen LogP contribution in [-0.2, 0) is 4.79 Å². The number of rotatable bonds is 6. The fraction of sp³-hybridized carbons (Fsp3) is 0.259. The summed E-state index contributed by atoms with van der Waals surface area (Å²) in [5, 5.41) is 5.93. The van der Waals surface area contributed by atoms with Gasteiger partial charge in [-0.1, -0.05) is 36.4 Å². The third-order valence-electron chi connectivity index (χ3n) is 6.06. The maximum atomic E-state index is 13.2. The fourth-order valence-corrected chi connectivity index (χ4v) is 4.24. The molecule has 0 aromatic heterocycles. The van der Waals surface area contributed by atoms with E-state index in [-0.39, 0.29) is 23.8 Å². The van der Waals surface area contributed by atoms with Crippen LogP contribution in [-0.4, -0.2) is 44.1 Å². The van der Waals surface area contributed by atoms with Gasteiger partial charge < -0.3 is 25.0 Å². The molecule has 4 rings (SSSR count). The zero-order chi connectivity index (χ0) is 23.9. The van der Waals surface area contributed by atoms with Crippen LogP contribution in [0.5, 0.6) is 11.5 Å². The fourth-order valence-electron chi connectivity index (χ4n) is 4.24. The highest BCUT2D eigenvalue weighted by molar-refractivity contribution is 5.94. The highest BCUT2D eigenvalue weighted by atomic mass is 16.5. The quantitative estimate of drug-likeness (QED) is 0.545. The van der Waals surface area contributed by atoms with Crippen LogP contribution in [0.3, 0.4) is 0 Å². The van der Waals surface area contributed by atoms with Gasteiger partial charge in [-0.2, -0.15) is 0 Å². The molecule has 1 aliphatic rings. The topological polar surface area (TPSA) is 79.9 Å². The molecule has 0 radical (unpaired) electrons. The van der Waals surface area contributed by atoms with E-state index < -0.39 is 0 Å². The first kappa shape index (κ1) is 23.2. The van der Waals surface area contributed by atoms with Gasteiger partial charge in [0, 0.05) is 36.4 Å². The Labute approximate surface area is 199 Å². The monoisotopic (exact) mass is 459 g/mol. The number of carbonyl (C=O) groups excluding carboxylic acids is 2. The molecule has 2 atom stereocenters. The largest absolute Gasteiger partial charge is 0.497 e. The average Bonchev–Trinajstić information content (AvgIpc) is 2.89. The van der Waals surface area contributed by atoms with Gasteiger partial charge in [-0.05, 0) is 48.4 Å². The maximum Gasteiger partial charge on any atom is 0.321 e. The van der Waals surface area contributed by atoms with E-state index in [9.17, 15) is 9.59 Å². The number of urea groups is 1. The third-order valence-corrected chi connectivity index (χ3v) is 6.06. The van der Waals surface area contributed by atoms with Crippen LogP contribution in [0.25, 0.3) is 0 Å². The number of ether oxygens (including phenoxy) is 2. The summed E-state index contributed by atoms with van der Waals surface area (Å²) in [7, 11) is 3.19. The predicted molar refractivity (Wildman–Crippen MR) is 132 cm³/mol. The van der Waals surface area contributed by atoms with Crippen LogP contribution in [0.2, 0.25) is 0 Å². The lowest BCUT2D eigenvalue weighted by Crippen LogP contribution is -2.48. The van der Waals surface area contributed by atoms with Crippen molar-refractivity contribution in [2.24, 2.45) is 5.92 Å². The smallest absolute Gasteiger partial charge is 0.321 e. The molecule has 7 nitrogen and oxygen atoms in total. The lowest BCUT2D eigenvalue weighted by Gasteiger charge is -2.37. The van der Waals surface area contributed by atoms with Crippen LogP contribution in [0.4, 0.5) is 16.2 Å². The van der Waals surface area contributed by atoms with Crippen LogP contribution < -0.4 is 20.1 Å². The molecule has 2 N–H and O–H groups in total. The van der Waals surface area contributed by atoms with Gasteiger partial charge in [0.25, 0.3) is 0 Å². The summed E-state index contributed by atoms with van der Waals surface area (Å²) in [6.45, 7) is 0.871. The van der Waals surface area contributed by atoms with Gasteiger partial charge in [-0.15, -0.1) is 0 Å². The number of hydrogen-bond acceptors (Lipinski definition) is 4. The molecular weight excluding hydrogens is 430 g/mol. The van der Waals surface area contributed by atoms with E-state index in [2.05, 4.69) is 10.6 Å². The predicted octanol–water partition coefficient (Wildman–Crippen LogP) is 4.98.